The fourth-order valence-electron chi connectivity index (χ4n) is 0. The van der Waals surface area contributed by atoms with Crippen molar-refractivity contribution in [3.8, 4) is 0 Å². The van der Waals surface area contributed by atoms with E-state index in [0.29, 0.717) is 0 Å². The second-order valence-electron chi connectivity index (χ2n) is 0.448. The first kappa shape index (κ1) is 39.1. The average Bonchev–Trinajstić information content (AvgIpc) is 0.722. The third kappa shape index (κ3) is 151. The van der Waals surface area contributed by atoms with Crippen molar-refractivity contribution >= 4 is 29.3 Å². The van der Waals surface area contributed by atoms with Crippen LogP contribution in [-0.4, -0.2) is 36.4 Å². The predicted octanol–water partition coefficient (Wildman–Crippen LogP) is -1.31. The summed E-state index contributed by atoms with van der Waals surface area (Å²) in [6, 6.07) is 0. The van der Waals surface area contributed by atoms with Crippen molar-refractivity contribution in [1.82, 2.24) is 0 Å². The molecule has 0 aromatic heterocycles. The van der Waals surface area contributed by atoms with Crippen LogP contribution in [0.15, 0.2) is 0 Å². The topological polar surface area (TPSA) is 74.6 Å². The van der Waals surface area contributed by atoms with E-state index >= 15 is 0 Å². The van der Waals surface area contributed by atoms with Crippen LogP contribution in [0.2, 0.25) is 0 Å². The van der Waals surface area contributed by atoms with Crippen LogP contribution < -0.4 is 0 Å². The van der Waals surface area contributed by atoms with E-state index < -0.39 is 10.4 Å². The van der Waals surface area contributed by atoms with E-state index in [2.05, 4.69) is 0 Å². The summed E-state index contributed by atoms with van der Waals surface area (Å²) in [4.78, 5) is 0. The summed E-state index contributed by atoms with van der Waals surface area (Å²) in [7, 11) is -4.67. The summed E-state index contributed by atoms with van der Waals surface area (Å²) in [5.41, 5.74) is 0. The molecule has 0 spiro atoms. The normalized spacial score (nSPS) is 5.80. The van der Waals surface area contributed by atoms with Crippen LogP contribution in [0.25, 0.3) is 0 Å². The molecule has 4 nitrogen and oxygen atoms in total. The van der Waals surface area contributed by atoms with Crippen molar-refractivity contribution in [3.05, 3.63) is 0 Å². The van der Waals surface area contributed by atoms with Crippen molar-refractivity contribution in [1.29, 1.82) is 0 Å². The summed E-state index contributed by atoms with van der Waals surface area (Å²) >= 11 is 0. The van der Waals surface area contributed by atoms with Gasteiger partial charge in [-0.3, -0.25) is 9.11 Å². The quantitative estimate of drug-likeness (QED) is 0.424. The van der Waals surface area contributed by atoms with Crippen LogP contribution in [0, 0.1) is 0 Å². The first-order valence-corrected chi connectivity index (χ1v) is 2.10. The Hall–Kier alpha value is 2.51. The second-order valence-corrected chi connectivity index (χ2v) is 1.34. The van der Waals surface area contributed by atoms with Crippen LogP contribution in [-0.2, 0) is 77.8 Å². The van der Waals surface area contributed by atoms with E-state index in [1.807, 2.05) is 0 Å². The van der Waals surface area contributed by atoms with E-state index in [1.165, 1.54) is 0 Å². The molecule has 0 aliphatic carbocycles. The molecule has 0 saturated heterocycles. The Morgan fingerprint density at radius 3 is 1.10 bits per heavy atom. The van der Waals surface area contributed by atoms with Gasteiger partial charge in [0, 0.05) is 67.4 Å². The monoisotopic (exact) mass is 341 g/mol. The Kier molecular flexibility index (Phi) is 68.7. The third-order valence-electron chi connectivity index (χ3n) is 0. The van der Waals surface area contributed by atoms with Crippen LogP contribution in [0.3, 0.4) is 0 Å². The van der Waals surface area contributed by atoms with Gasteiger partial charge in [0.05, 0.1) is 0 Å². The smallest absolute Gasteiger partial charge is 0 e. The van der Waals surface area contributed by atoms with Crippen molar-refractivity contribution in [2.24, 2.45) is 0 Å². The van der Waals surface area contributed by atoms with Gasteiger partial charge < -0.3 is 0 Å². The molecule has 0 aliphatic heterocycles. The summed E-state index contributed by atoms with van der Waals surface area (Å²) in [5.74, 6) is 0. The molecule has 0 atom stereocenters. The van der Waals surface area contributed by atoms with Gasteiger partial charge in [0.25, 0.3) is 0 Å². The van der Waals surface area contributed by atoms with Gasteiger partial charge in [-0.1, -0.05) is 0 Å². The fourth-order valence-corrected chi connectivity index (χ4v) is 0. The largest absolute Gasteiger partial charge is 0 e. The number of hydrogen-bond acceptors (Lipinski definition) is 2. The molecule has 0 aromatic carbocycles. The molecule has 2 N–H and O–H groups in total. The molecular formula is H3CoCuLiMnNiO4S. The number of rotatable bonds is 0. The third-order valence-corrected chi connectivity index (χ3v) is 0. The summed E-state index contributed by atoms with van der Waals surface area (Å²) in [6.07, 6.45) is 0. The van der Waals surface area contributed by atoms with Gasteiger partial charge in [0.2, 0.25) is 0 Å². The van der Waals surface area contributed by atoms with Crippen molar-refractivity contribution in [2.45, 2.75) is 0 Å². The minimum atomic E-state index is -4.67. The fraction of sp³-hybridized carbons (Fsp3) is 0. The van der Waals surface area contributed by atoms with Gasteiger partial charge in [-0.25, -0.2) is 0 Å². The van der Waals surface area contributed by atoms with Crippen LogP contribution >= 0.6 is 0 Å². The zero-order chi connectivity index (χ0) is 4.50. The molecule has 0 bridgehead atoms. The Bertz CT molecular complexity index is 108. The summed E-state index contributed by atoms with van der Waals surface area (Å²) < 4.78 is 31.6. The minimum Gasteiger partial charge on any atom is 0 e. The van der Waals surface area contributed by atoms with Gasteiger partial charge in [-0.05, 0) is 0 Å². The maximum Gasteiger partial charge on any atom is 0 e. The minimum absolute atomic E-state index is 0. The van der Waals surface area contributed by atoms with Crippen molar-refractivity contribution in [3.63, 3.8) is 0 Å². The molecule has 0 amide bonds. The van der Waals surface area contributed by atoms with Crippen LogP contribution in [0.5, 0.6) is 0 Å². The van der Waals surface area contributed by atoms with Gasteiger partial charge >= 0.3 is 29.3 Å². The number of hydrogen-bond donors (Lipinski definition) is 2. The molecule has 10 heavy (non-hydrogen) atoms. The SMILES string of the molecule is O=S(=O)(O)O.[Co].[Cu].[LiH].[Mn].[Ni]. The van der Waals surface area contributed by atoms with Gasteiger partial charge in [-0.15, -0.1) is 0 Å². The first-order valence-electron chi connectivity index (χ1n) is 0.698. The van der Waals surface area contributed by atoms with Gasteiger partial charge in [0.15, 0.2) is 0 Å². The predicted molar refractivity (Wildman–Crippen MR) is 21.3 cm³/mol. The molecule has 10 heteroatoms. The van der Waals surface area contributed by atoms with Crippen molar-refractivity contribution in [2.75, 3.05) is 0 Å². The second kappa shape index (κ2) is 17.6. The molecule has 3 radical (unpaired) electrons. The maximum absolute atomic E-state index is 8.74. The molecular weight excluding hydrogens is 339 g/mol. The van der Waals surface area contributed by atoms with Crippen LogP contribution in [0.4, 0.5) is 0 Å². The molecule has 0 unspecified atom stereocenters. The summed E-state index contributed by atoms with van der Waals surface area (Å²) in [5, 5.41) is 0. The van der Waals surface area contributed by atoms with E-state index in [0.717, 1.165) is 0 Å². The Balaban J connectivity index is -0.00000000800. The molecule has 0 fully saturated rings. The van der Waals surface area contributed by atoms with Gasteiger partial charge in [0.1, 0.15) is 0 Å². The van der Waals surface area contributed by atoms with Crippen molar-refractivity contribution < 1.29 is 84.9 Å². The van der Waals surface area contributed by atoms with E-state index in [1.54, 1.807) is 0 Å². The summed E-state index contributed by atoms with van der Waals surface area (Å²) in [6.45, 7) is 0. The van der Waals surface area contributed by atoms with Gasteiger partial charge in [-0.2, -0.15) is 8.42 Å². The van der Waals surface area contributed by atoms with E-state index in [9.17, 15) is 0 Å². The Morgan fingerprint density at radius 2 is 1.10 bits per heavy atom. The van der Waals surface area contributed by atoms with E-state index in [-0.39, 0.29) is 86.3 Å². The molecule has 0 saturated carbocycles. The first-order chi connectivity index (χ1) is 2.00. The zero-order valence-corrected chi connectivity index (χ0v) is 8.42. The van der Waals surface area contributed by atoms with Crippen LogP contribution in [0.1, 0.15) is 0 Å². The zero-order valence-electron chi connectivity index (χ0n) is 3.45. The molecule has 0 aliphatic rings. The Morgan fingerprint density at radius 1 is 1.10 bits per heavy atom. The average molecular weight is 342 g/mol. The molecule has 71 valence electrons. The molecule has 0 rings (SSSR count). The van der Waals surface area contributed by atoms with E-state index in [4.69, 9.17) is 17.5 Å². The maximum atomic E-state index is 8.74. The standard InChI is InChI=1S/Co.Cu.Li.Mn.Ni.H2O4S.H/c;;;;;1-5(2,3)4;/h;;;;;(H2,1,2,3,4);. The Labute approximate surface area is 113 Å². The molecule has 0 aromatic rings. The molecule has 0 heterocycles.